The summed E-state index contributed by atoms with van der Waals surface area (Å²) in [6.07, 6.45) is 1.47. The molecule has 3 aromatic rings. The molecule has 0 atom stereocenters. The van der Waals surface area contributed by atoms with E-state index in [0.717, 1.165) is 35.0 Å². The number of fused-ring (bicyclic) bond motifs is 1. The van der Waals surface area contributed by atoms with Gasteiger partial charge < -0.3 is 14.2 Å². The number of pyridine rings is 1. The molecule has 0 radical (unpaired) electrons. The Morgan fingerprint density at radius 2 is 1.80 bits per heavy atom. The van der Waals surface area contributed by atoms with Gasteiger partial charge in [-0.2, -0.15) is 10.5 Å². The van der Waals surface area contributed by atoms with Gasteiger partial charge >= 0.3 is 0 Å². The molecule has 150 valence electrons. The molecule has 6 nitrogen and oxygen atoms in total. The van der Waals surface area contributed by atoms with Gasteiger partial charge in [-0.3, -0.25) is 4.79 Å². The average Bonchev–Trinajstić information content (AvgIpc) is 2.77. The average molecular weight is 398 g/mol. The summed E-state index contributed by atoms with van der Waals surface area (Å²) in [7, 11) is 1.71. The lowest BCUT2D eigenvalue weighted by molar-refractivity contribution is 0.170. The van der Waals surface area contributed by atoms with Crippen LogP contribution in [-0.4, -0.2) is 23.8 Å². The minimum absolute atomic E-state index is 0.0131. The summed E-state index contributed by atoms with van der Waals surface area (Å²) in [5, 5.41) is 19.9. The van der Waals surface area contributed by atoms with Crippen LogP contribution in [0.4, 0.5) is 5.69 Å². The van der Waals surface area contributed by atoms with E-state index >= 15 is 0 Å². The van der Waals surface area contributed by atoms with Crippen molar-refractivity contribution in [2.24, 2.45) is 7.05 Å². The number of nitrogens with zero attached hydrogens (tertiary/aromatic N) is 4. The van der Waals surface area contributed by atoms with E-state index in [0.29, 0.717) is 24.4 Å². The van der Waals surface area contributed by atoms with Gasteiger partial charge in [-0.25, -0.2) is 0 Å². The molecule has 6 heteroatoms. The third-order valence-corrected chi connectivity index (χ3v) is 5.69. The van der Waals surface area contributed by atoms with E-state index in [1.807, 2.05) is 43.3 Å². The zero-order valence-electron chi connectivity index (χ0n) is 17.1. The van der Waals surface area contributed by atoms with Crippen LogP contribution in [0.3, 0.4) is 0 Å². The molecule has 1 saturated heterocycles. The van der Waals surface area contributed by atoms with E-state index in [-0.39, 0.29) is 17.2 Å². The fourth-order valence-corrected chi connectivity index (χ4v) is 4.11. The van der Waals surface area contributed by atoms with Gasteiger partial charge in [-0.15, -0.1) is 0 Å². The molecule has 1 aliphatic rings. The summed E-state index contributed by atoms with van der Waals surface area (Å²) in [6.45, 7) is 3.35. The molecule has 0 saturated carbocycles. The van der Waals surface area contributed by atoms with Crippen molar-refractivity contribution in [1.82, 2.24) is 4.57 Å². The third-order valence-electron chi connectivity index (χ3n) is 5.69. The number of aryl methyl sites for hydroxylation is 2. The maximum Gasteiger partial charge on any atom is 0.270 e. The fourth-order valence-electron chi connectivity index (χ4n) is 4.11. The number of hydrogen-bond donors (Lipinski definition) is 0. The van der Waals surface area contributed by atoms with Gasteiger partial charge in [0, 0.05) is 38.4 Å². The monoisotopic (exact) mass is 398 g/mol. The van der Waals surface area contributed by atoms with Crippen LogP contribution in [0.1, 0.15) is 29.5 Å². The van der Waals surface area contributed by atoms with Crippen molar-refractivity contribution in [3.05, 3.63) is 69.5 Å². The zero-order chi connectivity index (χ0) is 21.3. The minimum Gasteiger partial charge on any atom is -0.489 e. The van der Waals surface area contributed by atoms with E-state index in [4.69, 9.17) is 4.74 Å². The summed E-state index contributed by atoms with van der Waals surface area (Å²) < 4.78 is 7.63. The lowest BCUT2D eigenvalue weighted by Crippen LogP contribution is -2.40. The Labute approximate surface area is 175 Å². The third kappa shape index (κ3) is 3.38. The second kappa shape index (κ2) is 7.93. The predicted octanol–water partition coefficient (Wildman–Crippen LogP) is 3.64. The Bertz CT molecular complexity index is 1260. The van der Waals surface area contributed by atoms with E-state index in [1.165, 1.54) is 0 Å². The Hall–Kier alpha value is -3.77. The highest BCUT2D eigenvalue weighted by Crippen LogP contribution is 2.32. The van der Waals surface area contributed by atoms with Crippen LogP contribution < -0.4 is 15.2 Å². The number of nitriles is 2. The van der Waals surface area contributed by atoms with Gasteiger partial charge in [-0.05, 0) is 31.2 Å². The lowest BCUT2D eigenvalue weighted by atomic mass is 10.0. The molecule has 0 amide bonds. The van der Waals surface area contributed by atoms with Gasteiger partial charge in [-0.1, -0.05) is 23.8 Å². The molecule has 0 aliphatic carbocycles. The molecule has 1 fully saturated rings. The summed E-state index contributed by atoms with van der Waals surface area (Å²) in [5.74, 6) is 0.603. The first-order valence-corrected chi connectivity index (χ1v) is 9.97. The standard InChI is InChI=1S/C24H22N4O2/c1-16-7-8-21-19(13-16)23(20(15-26)24(29)27(21)2)28-11-9-18(10-12-28)30-22-6-4-3-5-17(22)14-25/h3-8,13,18H,9-12H2,1-2H3. The number of para-hydroxylation sites is 1. The highest BCUT2D eigenvalue weighted by atomic mass is 16.5. The molecular weight excluding hydrogens is 376 g/mol. The SMILES string of the molecule is Cc1ccc2c(c1)c(N1CCC(Oc3ccccc3C#N)CC1)c(C#N)c(=O)n2C. The maximum atomic E-state index is 12.8. The number of piperidine rings is 1. The van der Waals surface area contributed by atoms with E-state index in [1.54, 1.807) is 17.7 Å². The van der Waals surface area contributed by atoms with Crippen molar-refractivity contribution in [1.29, 1.82) is 10.5 Å². The molecule has 0 N–H and O–H groups in total. The Morgan fingerprint density at radius 3 is 2.50 bits per heavy atom. The van der Waals surface area contributed by atoms with Crippen LogP contribution in [0, 0.1) is 29.6 Å². The van der Waals surface area contributed by atoms with Crippen molar-refractivity contribution in [2.45, 2.75) is 25.9 Å². The summed E-state index contributed by atoms with van der Waals surface area (Å²) in [5.41, 5.74) is 3.06. The molecule has 2 heterocycles. The van der Waals surface area contributed by atoms with Crippen molar-refractivity contribution >= 4 is 16.6 Å². The molecule has 0 unspecified atom stereocenters. The molecule has 0 bridgehead atoms. The van der Waals surface area contributed by atoms with E-state index in [9.17, 15) is 15.3 Å². The normalized spacial score (nSPS) is 14.3. The number of aromatic nitrogens is 1. The van der Waals surface area contributed by atoms with Crippen molar-refractivity contribution in [2.75, 3.05) is 18.0 Å². The highest BCUT2D eigenvalue weighted by Gasteiger charge is 2.26. The molecular formula is C24H22N4O2. The Kier molecular flexibility index (Phi) is 5.16. The van der Waals surface area contributed by atoms with E-state index in [2.05, 4.69) is 17.0 Å². The largest absolute Gasteiger partial charge is 0.489 e. The number of hydrogen-bond acceptors (Lipinski definition) is 5. The Morgan fingerprint density at radius 1 is 1.07 bits per heavy atom. The zero-order valence-corrected chi connectivity index (χ0v) is 17.1. The summed E-state index contributed by atoms with van der Waals surface area (Å²) >= 11 is 0. The van der Waals surface area contributed by atoms with Crippen LogP contribution in [0.15, 0.2) is 47.3 Å². The van der Waals surface area contributed by atoms with Crippen LogP contribution in [0.2, 0.25) is 0 Å². The van der Waals surface area contributed by atoms with Crippen LogP contribution >= 0.6 is 0 Å². The molecule has 1 aromatic heterocycles. The number of benzene rings is 2. The van der Waals surface area contributed by atoms with Gasteiger partial charge in [0.05, 0.1) is 16.8 Å². The second-order valence-electron chi connectivity index (χ2n) is 7.63. The maximum absolute atomic E-state index is 12.8. The Balaban J connectivity index is 1.65. The molecule has 30 heavy (non-hydrogen) atoms. The lowest BCUT2D eigenvalue weighted by Gasteiger charge is -2.35. The van der Waals surface area contributed by atoms with Gasteiger partial charge in [0.2, 0.25) is 0 Å². The first-order chi connectivity index (χ1) is 14.5. The first-order valence-electron chi connectivity index (χ1n) is 9.97. The second-order valence-corrected chi connectivity index (χ2v) is 7.63. The van der Waals surface area contributed by atoms with E-state index < -0.39 is 0 Å². The first kappa shape index (κ1) is 19.5. The van der Waals surface area contributed by atoms with Gasteiger partial charge in [0.1, 0.15) is 29.6 Å². The smallest absolute Gasteiger partial charge is 0.270 e. The van der Waals surface area contributed by atoms with Gasteiger partial charge in [0.15, 0.2) is 0 Å². The van der Waals surface area contributed by atoms with Gasteiger partial charge in [0.25, 0.3) is 5.56 Å². The molecule has 1 aliphatic heterocycles. The number of ether oxygens (including phenoxy) is 1. The predicted molar refractivity (Wildman–Crippen MR) is 116 cm³/mol. The van der Waals surface area contributed by atoms with Crippen molar-refractivity contribution in [3.63, 3.8) is 0 Å². The van der Waals surface area contributed by atoms with Crippen molar-refractivity contribution in [3.8, 4) is 17.9 Å². The topological polar surface area (TPSA) is 82.1 Å². The molecule has 2 aromatic carbocycles. The molecule has 0 spiro atoms. The fraction of sp³-hybridized carbons (Fsp3) is 0.292. The quantitative estimate of drug-likeness (QED) is 0.673. The highest BCUT2D eigenvalue weighted by molar-refractivity contribution is 5.95. The van der Waals surface area contributed by atoms with Crippen LogP contribution in [-0.2, 0) is 7.05 Å². The number of anilines is 1. The van der Waals surface area contributed by atoms with Crippen molar-refractivity contribution < 1.29 is 4.74 Å². The summed E-state index contributed by atoms with van der Waals surface area (Å²) in [6, 6.07) is 17.5. The molecule has 4 rings (SSSR count). The number of rotatable bonds is 3. The van der Waals surface area contributed by atoms with Crippen LogP contribution in [0.5, 0.6) is 5.75 Å². The summed E-state index contributed by atoms with van der Waals surface area (Å²) in [4.78, 5) is 14.9. The van der Waals surface area contributed by atoms with Crippen LogP contribution in [0.25, 0.3) is 10.9 Å². The minimum atomic E-state index is -0.273.